The van der Waals surface area contributed by atoms with Crippen LogP contribution in [-0.4, -0.2) is 37.6 Å². The summed E-state index contributed by atoms with van der Waals surface area (Å²) in [7, 11) is 0. The van der Waals surface area contributed by atoms with E-state index in [1.807, 2.05) is 0 Å². The fourth-order valence-electron chi connectivity index (χ4n) is 3.30. The molecular formula is C17H36N2. The van der Waals surface area contributed by atoms with Crippen LogP contribution < -0.4 is 5.32 Å². The monoisotopic (exact) mass is 268 g/mol. The van der Waals surface area contributed by atoms with E-state index in [2.05, 4.69) is 31.0 Å². The first-order chi connectivity index (χ1) is 9.30. The molecule has 0 aromatic carbocycles. The van der Waals surface area contributed by atoms with Crippen LogP contribution in [0.5, 0.6) is 0 Å². The molecule has 2 unspecified atom stereocenters. The first-order valence-electron chi connectivity index (χ1n) is 8.73. The van der Waals surface area contributed by atoms with Crippen molar-refractivity contribution in [2.24, 2.45) is 11.8 Å². The molecule has 1 saturated heterocycles. The SMILES string of the molecule is CCCCC(CC)CN(CCC)CC1CCCNC1. The second-order valence-electron chi connectivity index (χ2n) is 6.39. The Hall–Kier alpha value is -0.0800. The predicted octanol–water partition coefficient (Wildman–Crippen LogP) is 3.91. The van der Waals surface area contributed by atoms with Gasteiger partial charge < -0.3 is 10.2 Å². The van der Waals surface area contributed by atoms with Crippen LogP contribution in [0.25, 0.3) is 0 Å². The molecule has 1 aliphatic rings. The van der Waals surface area contributed by atoms with Crippen LogP contribution in [0.15, 0.2) is 0 Å². The number of piperidine rings is 1. The summed E-state index contributed by atoms with van der Waals surface area (Å²) >= 11 is 0. The fourth-order valence-corrected chi connectivity index (χ4v) is 3.30. The molecule has 1 fully saturated rings. The van der Waals surface area contributed by atoms with Gasteiger partial charge >= 0.3 is 0 Å². The molecule has 2 nitrogen and oxygen atoms in total. The summed E-state index contributed by atoms with van der Waals surface area (Å²) in [6.07, 6.45) is 9.63. The Morgan fingerprint density at radius 2 is 2.05 bits per heavy atom. The molecule has 0 aromatic rings. The van der Waals surface area contributed by atoms with E-state index < -0.39 is 0 Å². The third-order valence-corrected chi connectivity index (χ3v) is 4.51. The molecule has 2 heteroatoms. The third kappa shape index (κ3) is 7.31. The molecule has 0 spiro atoms. The molecule has 114 valence electrons. The summed E-state index contributed by atoms with van der Waals surface area (Å²) in [5, 5.41) is 3.56. The van der Waals surface area contributed by atoms with Crippen molar-refractivity contribution in [3.8, 4) is 0 Å². The van der Waals surface area contributed by atoms with Crippen molar-refractivity contribution in [3.63, 3.8) is 0 Å². The fraction of sp³-hybridized carbons (Fsp3) is 1.00. The van der Waals surface area contributed by atoms with E-state index >= 15 is 0 Å². The molecule has 1 heterocycles. The van der Waals surface area contributed by atoms with Gasteiger partial charge in [0.05, 0.1) is 0 Å². The van der Waals surface area contributed by atoms with Crippen LogP contribution in [0, 0.1) is 11.8 Å². The van der Waals surface area contributed by atoms with Gasteiger partial charge in [-0.3, -0.25) is 0 Å². The van der Waals surface area contributed by atoms with Crippen molar-refractivity contribution in [2.45, 2.75) is 65.7 Å². The molecule has 0 saturated carbocycles. The lowest BCUT2D eigenvalue weighted by Crippen LogP contribution is -2.40. The number of rotatable bonds is 10. The highest BCUT2D eigenvalue weighted by Crippen LogP contribution is 2.17. The van der Waals surface area contributed by atoms with Crippen molar-refractivity contribution < 1.29 is 0 Å². The van der Waals surface area contributed by atoms with Crippen LogP contribution in [0.3, 0.4) is 0 Å². The van der Waals surface area contributed by atoms with Gasteiger partial charge in [0.1, 0.15) is 0 Å². The normalized spacial score (nSPS) is 21.8. The topological polar surface area (TPSA) is 15.3 Å². The van der Waals surface area contributed by atoms with Gasteiger partial charge in [0, 0.05) is 13.1 Å². The zero-order valence-corrected chi connectivity index (χ0v) is 13.6. The Bertz CT molecular complexity index is 199. The zero-order valence-electron chi connectivity index (χ0n) is 13.6. The quantitative estimate of drug-likeness (QED) is 0.646. The molecular weight excluding hydrogens is 232 g/mol. The van der Waals surface area contributed by atoms with Crippen molar-refractivity contribution in [1.29, 1.82) is 0 Å². The average Bonchev–Trinajstić information content (AvgIpc) is 2.44. The molecule has 19 heavy (non-hydrogen) atoms. The lowest BCUT2D eigenvalue weighted by molar-refractivity contribution is 0.175. The van der Waals surface area contributed by atoms with E-state index in [4.69, 9.17) is 0 Å². The van der Waals surface area contributed by atoms with Gasteiger partial charge in [-0.05, 0) is 57.2 Å². The van der Waals surface area contributed by atoms with Crippen LogP contribution in [0.4, 0.5) is 0 Å². The van der Waals surface area contributed by atoms with E-state index in [0.717, 1.165) is 11.8 Å². The molecule has 0 aliphatic carbocycles. The molecule has 1 N–H and O–H groups in total. The van der Waals surface area contributed by atoms with E-state index in [1.54, 1.807) is 0 Å². The van der Waals surface area contributed by atoms with E-state index in [0.29, 0.717) is 0 Å². The number of unbranched alkanes of at least 4 members (excludes halogenated alkanes) is 1. The summed E-state index contributed by atoms with van der Waals surface area (Å²) in [6.45, 7) is 13.4. The Labute approximate surface area is 121 Å². The summed E-state index contributed by atoms with van der Waals surface area (Å²) < 4.78 is 0. The van der Waals surface area contributed by atoms with E-state index in [1.165, 1.54) is 77.7 Å². The summed E-state index contributed by atoms with van der Waals surface area (Å²) in [6, 6.07) is 0. The highest BCUT2D eigenvalue weighted by molar-refractivity contribution is 4.74. The highest BCUT2D eigenvalue weighted by atomic mass is 15.1. The van der Waals surface area contributed by atoms with Gasteiger partial charge in [0.25, 0.3) is 0 Å². The van der Waals surface area contributed by atoms with Crippen molar-refractivity contribution in [3.05, 3.63) is 0 Å². The smallest absolute Gasteiger partial charge is 0.00219 e. The van der Waals surface area contributed by atoms with Gasteiger partial charge in [-0.15, -0.1) is 0 Å². The molecule has 0 bridgehead atoms. The minimum atomic E-state index is 0.893. The second kappa shape index (κ2) is 10.7. The second-order valence-corrected chi connectivity index (χ2v) is 6.39. The maximum atomic E-state index is 3.56. The molecule has 2 atom stereocenters. The third-order valence-electron chi connectivity index (χ3n) is 4.51. The Kier molecular flexibility index (Phi) is 9.54. The van der Waals surface area contributed by atoms with Crippen molar-refractivity contribution in [2.75, 3.05) is 32.7 Å². The summed E-state index contributed by atoms with van der Waals surface area (Å²) in [5.74, 6) is 1.81. The van der Waals surface area contributed by atoms with Crippen LogP contribution >= 0.6 is 0 Å². The van der Waals surface area contributed by atoms with Crippen LogP contribution in [0.1, 0.15) is 65.7 Å². The minimum Gasteiger partial charge on any atom is -0.316 e. The lowest BCUT2D eigenvalue weighted by Gasteiger charge is -2.32. The number of hydrogen-bond donors (Lipinski definition) is 1. The Balaban J connectivity index is 2.36. The lowest BCUT2D eigenvalue weighted by atomic mass is 9.96. The first-order valence-corrected chi connectivity index (χ1v) is 8.73. The van der Waals surface area contributed by atoms with Crippen molar-refractivity contribution >= 4 is 0 Å². The Morgan fingerprint density at radius 3 is 2.63 bits per heavy atom. The van der Waals surface area contributed by atoms with Gasteiger partial charge in [-0.25, -0.2) is 0 Å². The highest BCUT2D eigenvalue weighted by Gasteiger charge is 2.18. The largest absolute Gasteiger partial charge is 0.316 e. The summed E-state index contributed by atoms with van der Waals surface area (Å²) in [4.78, 5) is 2.75. The molecule has 0 amide bonds. The first kappa shape index (κ1) is 17.0. The van der Waals surface area contributed by atoms with Crippen molar-refractivity contribution in [1.82, 2.24) is 10.2 Å². The predicted molar refractivity (Wildman–Crippen MR) is 85.6 cm³/mol. The molecule has 0 radical (unpaired) electrons. The van der Waals surface area contributed by atoms with Crippen LogP contribution in [-0.2, 0) is 0 Å². The standard InChI is InChI=1S/C17H36N2/c1-4-7-9-16(6-3)14-19(12-5-2)15-17-10-8-11-18-13-17/h16-18H,4-15H2,1-3H3. The zero-order chi connectivity index (χ0) is 13.9. The van der Waals surface area contributed by atoms with Gasteiger partial charge in [0.15, 0.2) is 0 Å². The Morgan fingerprint density at radius 1 is 1.21 bits per heavy atom. The maximum Gasteiger partial charge on any atom is 0.00219 e. The summed E-state index contributed by atoms with van der Waals surface area (Å²) in [5.41, 5.74) is 0. The minimum absolute atomic E-state index is 0.893. The average molecular weight is 268 g/mol. The van der Waals surface area contributed by atoms with Crippen LogP contribution in [0.2, 0.25) is 0 Å². The van der Waals surface area contributed by atoms with Gasteiger partial charge in [-0.2, -0.15) is 0 Å². The molecule has 1 aliphatic heterocycles. The molecule has 0 aromatic heterocycles. The maximum absolute atomic E-state index is 3.56. The van der Waals surface area contributed by atoms with Gasteiger partial charge in [0.2, 0.25) is 0 Å². The number of nitrogens with one attached hydrogen (secondary N) is 1. The number of hydrogen-bond acceptors (Lipinski definition) is 2. The molecule has 1 rings (SSSR count). The number of nitrogens with zero attached hydrogens (tertiary/aromatic N) is 1. The van der Waals surface area contributed by atoms with E-state index in [-0.39, 0.29) is 0 Å². The van der Waals surface area contributed by atoms with E-state index in [9.17, 15) is 0 Å². The van der Waals surface area contributed by atoms with Gasteiger partial charge in [-0.1, -0.05) is 40.0 Å².